The van der Waals surface area contributed by atoms with E-state index in [4.69, 9.17) is 4.98 Å². The minimum Gasteiger partial charge on any atom is -0.235 e. The molecule has 8 aromatic carbocycles. The second-order valence-corrected chi connectivity index (χ2v) is 16.8. The summed E-state index contributed by atoms with van der Waals surface area (Å²) in [6.45, 7) is 4.82. The SMILES string of the molecule is CC1(C)c2cc(-c3nc(-c4ccccc4)c(-c4ccccc4)s3)ccc2-c2cc3c(cc21)-c1cccc2cccc(c12)C31c2ccccc2-c2ccccc21. The summed E-state index contributed by atoms with van der Waals surface area (Å²) in [6, 6.07) is 65.6. The number of hydrogen-bond donors (Lipinski definition) is 0. The van der Waals surface area contributed by atoms with E-state index >= 15 is 0 Å². The molecule has 55 heavy (non-hydrogen) atoms. The van der Waals surface area contributed by atoms with Gasteiger partial charge in [0.1, 0.15) is 5.01 Å². The molecule has 12 rings (SSSR count). The molecular weight excluding hydrogens is 683 g/mol. The summed E-state index contributed by atoms with van der Waals surface area (Å²) in [5, 5.41) is 3.71. The van der Waals surface area contributed by atoms with Crippen molar-refractivity contribution in [2.24, 2.45) is 0 Å². The number of fused-ring (bicyclic) bond motifs is 12. The molecule has 0 atom stereocenters. The Morgan fingerprint density at radius 1 is 0.400 bits per heavy atom. The molecule has 3 aliphatic rings. The van der Waals surface area contributed by atoms with Crippen molar-refractivity contribution < 1.29 is 0 Å². The molecule has 0 amide bonds. The Morgan fingerprint density at radius 2 is 0.945 bits per heavy atom. The van der Waals surface area contributed by atoms with E-state index in [-0.39, 0.29) is 5.41 Å². The molecule has 1 nitrogen and oxygen atoms in total. The molecule has 0 saturated carbocycles. The van der Waals surface area contributed by atoms with Crippen molar-refractivity contribution in [2.45, 2.75) is 24.7 Å². The Balaban J connectivity index is 1.10. The average Bonchev–Trinajstić information content (AvgIpc) is 3.88. The maximum atomic E-state index is 5.37. The van der Waals surface area contributed by atoms with E-state index in [0.717, 1.165) is 16.3 Å². The Morgan fingerprint density at radius 3 is 1.67 bits per heavy atom. The lowest BCUT2D eigenvalue weighted by Crippen LogP contribution is -2.32. The molecule has 0 radical (unpaired) electrons. The monoisotopic (exact) mass is 717 g/mol. The summed E-state index contributed by atoms with van der Waals surface area (Å²) >= 11 is 1.79. The summed E-state index contributed by atoms with van der Waals surface area (Å²) in [5.41, 5.74) is 20.2. The van der Waals surface area contributed by atoms with Crippen LogP contribution >= 0.6 is 11.3 Å². The van der Waals surface area contributed by atoms with E-state index in [2.05, 4.69) is 190 Å². The fourth-order valence-corrected chi connectivity index (χ4v) is 11.4. The van der Waals surface area contributed by atoms with Crippen LogP contribution in [0.5, 0.6) is 0 Å². The normalized spacial score (nSPS) is 14.7. The van der Waals surface area contributed by atoms with Gasteiger partial charge in [0.05, 0.1) is 16.0 Å². The highest BCUT2D eigenvalue weighted by Gasteiger charge is 2.51. The van der Waals surface area contributed by atoms with Gasteiger partial charge in [-0.2, -0.15) is 0 Å². The van der Waals surface area contributed by atoms with Crippen molar-refractivity contribution in [3.8, 4) is 65.6 Å². The lowest BCUT2D eigenvalue weighted by molar-refractivity contribution is 0.659. The average molecular weight is 718 g/mol. The van der Waals surface area contributed by atoms with Gasteiger partial charge in [-0.05, 0) is 101 Å². The molecule has 0 aliphatic heterocycles. The van der Waals surface area contributed by atoms with Crippen LogP contribution in [0.1, 0.15) is 47.2 Å². The van der Waals surface area contributed by atoms with Crippen LogP contribution in [0.3, 0.4) is 0 Å². The Hall–Kier alpha value is -6.35. The quantitative estimate of drug-likeness (QED) is 0.177. The molecule has 0 fully saturated rings. The molecule has 0 unspecified atom stereocenters. The van der Waals surface area contributed by atoms with Crippen LogP contribution in [0.2, 0.25) is 0 Å². The predicted octanol–water partition coefficient (Wildman–Crippen LogP) is 13.9. The third kappa shape index (κ3) is 4.05. The smallest absolute Gasteiger partial charge is 0.124 e. The molecule has 1 spiro atoms. The molecule has 3 aliphatic carbocycles. The van der Waals surface area contributed by atoms with Gasteiger partial charge in [0.15, 0.2) is 0 Å². The van der Waals surface area contributed by atoms with E-state index < -0.39 is 5.41 Å². The summed E-state index contributed by atoms with van der Waals surface area (Å²) in [5.74, 6) is 0. The van der Waals surface area contributed by atoms with Crippen LogP contribution in [0.15, 0.2) is 176 Å². The zero-order valence-electron chi connectivity index (χ0n) is 30.6. The minimum absolute atomic E-state index is 0.207. The number of rotatable bonds is 3. The molecule has 2 heteroatoms. The first-order chi connectivity index (χ1) is 27.0. The third-order valence-electron chi connectivity index (χ3n) is 12.7. The highest BCUT2D eigenvalue weighted by molar-refractivity contribution is 7.19. The molecule has 1 heterocycles. The number of benzene rings is 8. The largest absolute Gasteiger partial charge is 0.235 e. The van der Waals surface area contributed by atoms with Crippen LogP contribution in [0, 0.1) is 0 Å². The first kappa shape index (κ1) is 31.0. The van der Waals surface area contributed by atoms with Crippen molar-refractivity contribution in [3.63, 3.8) is 0 Å². The van der Waals surface area contributed by atoms with Crippen molar-refractivity contribution in [1.82, 2.24) is 4.98 Å². The summed E-state index contributed by atoms with van der Waals surface area (Å²) in [6.07, 6.45) is 0. The van der Waals surface area contributed by atoms with Crippen LogP contribution in [0.25, 0.3) is 76.4 Å². The van der Waals surface area contributed by atoms with Gasteiger partial charge in [-0.25, -0.2) is 4.98 Å². The standard InChI is InChI=1S/C53H35NS/c1-52(2)45-29-35(51-54-49(33-15-5-3-6-16-33)50(55-51)34-17-7-4-8-18-34)27-28-38(45)40-31-47-41(30-46(40)52)39-23-13-19-32-20-14-26-44(48(32)39)53(47)42-24-11-9-21-36(42)37-22-10-12-25-43(37)53/h3-31H,1-2H3. The second-order valence-electron chi connectivity index (χ2n) is 15.8. The van der Waals surface area contributed by atoms with E-state index in [1.54, 1.807) is 11.3 Å². The van der Waals surface area contributed by atoms with Crippen molar-refractivity contribution >= 4 is 22.1 Å². The summed E-state index contributed by atoms with van der Waals surface area (Å²) in [4.78, 5) is 6.57. The molecule has 258 valence electrons. The van der Waals surface area contributed by atoms with E-state index in [0.29, 0.717) is 0 Å². The van der Waals surface area contributed by atoms with Gasteiger partial charge >= 0.3 is 0 Å². The number of thiazole rings is 1. The highest BCUT2D eigenvalue weighted by atomic mass is 32.1. The molecule has 0 N–H and O–H groups in total. The van der Waals surface area contributed by atoms with Gasteiger partial charge in [0.25, 0.3) is 0 Å². The first-order valence-electron chi connectivity index (χ1n) is 19.2. The topological polar surface area (TPSA) is 12.9 Å². The van der Waals surface area contributed by atoms with Gasteiger partial charge in [-0.15, -0.1) is 11.3 Å². The maximum Gasteiger partial charge on any atom is 0.124 e. The summed E-state index contributed by atoms with van der Waals surface area (Å²) < 4.78 is 0. The number of aromatic nitrogens is 1. The van der Waals surface area contributed by atoms with Gasteiger partial charge < -0.3 is 0 Å². The second kappa shape index (κ2) is 11.1. The molecule has 0 saturated heterocycles. The number of nitrogens with zero attached hydrogens (tertiary/aromatic N) is 1. The fraction of sp³-hybridized carbons (Fsp3) is 0.0755. The van der Waals surface area contributed by atoms with Gasteiger partial charge in [-0.1, -0.05) is 172 Å². The lowest BCUT2D eigenvalue weighted by Gasteiger charge is -2.40. The highest BCUT2D eigenvalue weighted by Crippen LogP contribution is 2.64. The van der Waals surface area contributed by atoms with Crippen LogP contribution < -0.4 is 0 Å². The van der Waals surface area contributed by atoms with Crippen LogP contribution in [0.4, 0.5) is 0 Å². The Labute approximate surface area is 325 Å². The molecule has 1 aromatic heterocycles. The maximum absolute atomic E-state index is 5.37. The Kier molecular flexibility index (Phi) is 6.27. The van der Waals surface area contributed by atoms with Crippen molar-refractivity contribution in [1.29, 1.82) is 0 Å². The molecular formula is C53H35NS. The van der Waals surface area contributed by atoms with Crippen molar-refractivity contribution in [2.75, 3.05) is 0 Å². The lowest BCUT2D eigenvalue weighted by atomic mass is 9.61. The molecule has 0 bridgehead atoms. The number of hydrogen-bond acceptors (Lipinski definition) is 2. The van der Waals surface area contributed by atoms with Crippen LogP contribution in [-0.2, 0) is 10.8 Å². The van der Waals surface area contributed by atoms with Crippen molar-refractivity contribution in [3.05, 3.63) is 209 Å². The fourth-order valence-electron chi connectivity index (χ4n) is 10.3. The van der Waals surface area contributed by atoms with E-state index in [9.17, 15) is 0 Å². The van der Waals surface area contributed by atoms with Crippen LogP contribution in [-0.4, -0.2) is 4.98 Å². The van der Waals surface area contributed by atoms with Gasteiger partial charge in [0.2, 0.25) is 0 Å². The summed E-state index contributed by atoms with van der Waals surface area (Å²) in [7, 11) is 0. The van der Waals surface area contributed by atoms with Gasteiger partial charge in [-0.3, -0.25) is 0 Å². The van der Waals surface area contributed by atoms with Gasteiger partial charge in [0, 0.05) is 16.5 Å². The third-order valence-corrected chi connectivity index (χ3v) is 13.9. The van der Waals surface area contributed by atoms with E-state index in [1.807, 2.05) is 0 Å². The Bertz CT molecular complexity index is 2950. The zero-order valence-corrected chi connectivity index (χ0v) is 31.4. The molecule has 9 aromatic rings. The zero-order chi connectivity index (χ0) is 36.5. The predicted molar refractivity (Wildman–Crippen MR) is 230 cm³/mol. The minimum atomic E-state index is -0.430. The van der Waals surface area contributed by atoms with E-state index in [1.165, 1.54) is 93.5 Å². The first-order valence-corrected chi connectivity index (χ1v) is 20.0.